The second kappa shape index (κ2) is 5.66. The summed E-state index contributed by atoms with van der Waals surface area (Å²) in [6.07, 6.45) is 1.33. The molecule has 23 heavy (non-hydrogen) atoms. The van der Waals surface area contributed by atoms with Crippen LogP contribution in [0, 0.1) is 6.92 Å². The zero-order valence-electron chi connectivity index (χ0n) is 13.4. The Morgan fingerprint density at radius 2 is 2.00 bits per heavy atom. The quantitative estimate of drug-likeness (QED) is 0.746. The number of anilines is 1. The van der Waals surface area contributed by atoms with E-state index in [9.17, 15) is 0 Å². The van der Waals surface area contributed by atoms with E-state index in [1.165, 1.54) is 0 Å². The van der Waals surface area contributed by atoms with Gasteiger partial charge >= 0.3 is 0 Å². The molecule has 0 radical (unpaired) electrons. The van der Waals surface area contributed by atoms with Crippen molar-refractivity contribution in [2.75, 3.05) is 25.1 Å². The number of fused-ring (bicyclic) bond motifs is 1. The summed E-state index contributed by atoms with van der Waals surface area (Å²) in [4.78, 5) is 7.12. The molecule has 0 aliphatic carbocycles. The van der Waals surface area contributed by atoms with Crippen molar-refractivity contribution >= 4 is 11.5 Å². The van der Waals surface area contributed by atoms with Crippen LogP contribution in [0.4, 0.5) is 5.82 Å². The minimum absolute atomic E-state index is 0.287. The number of nitrogens with zero attached hydrogens (tertiary/aromatic N) is 4. The Kier molecular flexibility index (Phi) is 3.50. The fraction of sp³-hybridized carbons (Fsp3) is 0.333. The van der Waals surface area contributed by atoms with Gasteiger partial charge in [0.05, 0.1) is 17.5 Å². The first kappa shape index (κ1) is 14.2. The third kappa shape index (κ3) is 2.57. The molecule has 0 saturated carbocycles. The number of methoxy groups -OCH3 is 1. The average Bonchev–Trinajstić information content (AvgIpc) is 3.20. The Morgan fingerprint density at radius 3 is 2.74 bits per heavy atom. The van der Waals surface area contributed by atoms with E-state index >= 15 is 0 Å². The summed E-state index contributed by atoms with van der Waals surface area (Å²) in [5.41, 5.74) is 3.97. The van der Waals surface area contributed by atoms with Crippen LogP contribution in [0.15, 0.2) is 42.5 Å². The molecule has 1 fully saturated rings. The van der Waals surface area contributed by atoms with Crippen molar-refractivity contribution < 1.29 is 4.74 Å². The Labute approximate surface area is 135 Å². The zero-order valence-corrected chi connectivity index (χ0v) is 13.4. The molecule has 3 heterocycles. The largest absolute Gasteiger partial charge is 0.380 e. The van der Waals surface area contributed by atoms with Crippen molar-refractivity contribution in [1.82, 2.24) is 14.6 Å². The first-order chi connectivity index (χ1) is 11.2. The van der Waals surface area contributed by atoms with Crippen LogP contribution in [0.2, 0.25) is 0 Å². The Morgan fingerprint density at radius 1 is 1.17 bits per heavy atom. The average molecular weight is 308 g/mol. The lowest BCUT2D eigenvalue weighted by atomic mass is 10.1. The van der Waals surface area contributed by atoms with E-state index in [2.05, 4.69) is 28.2 Å². The van der Waals surface area contributed by atoms with E-state index in [0.29, 0.717) is 0 Å². The highest BCUT2D eigenvalue weighted by Gasteiger charge is 2.25. The molecule has 4 rings (SSSR count). The first-order valence-electron chi connectivity index (χ1n) is 7.95. The Balaban J connectivity index is 1.84. The molecule has 2 aromatic heterocycles. The number of aryl methyl sites for hydroxylation is 1. The van der Waals surface area contributed by atoms with Gasteiger partial charge in [-0.05, 0) is 13.3 Å². The summed E-state index contributed by atoms with van der Waals surface area (Å²) in [5, 5.41) is 4.62. The zero-order chi connectivity index (χ0) is 15.8. The van der Waals surface area contributed by atoms with Crippen LogP contribution >= 0.6 is 0 Å². The standard InChI is InChI=1S/C18H20N4O/c1-13-10-17-19-16(14-6-4-3-5-7-14)11-18(22(17)20-13)21-9-8-15(12-21)23-2/h3-7,10-11,15H,8-9,12H2,1-2H3/t15-/m0/s1. The van der Waals surface area contributed by atoms with E-state index in [1.54, 1.807) is 7.11 Å². The summed E-state index contributed by atoms with van der Waals surface area (Å²) in [6, 6.07) is 14.4. The molecule has 118 valence electrons. The highest BCUT2D eigenvalue weighted by atomic mass is 16.5. The smallest absolute Gasteiger partial charge is 0.158 e. The second-order valence-corrected chi connectivity index (χ2v) is 6.01. The molecular weight excluding hydrogens is 288 g/mol. The molecule has 0 bridgehead atoms. The van der Waals surface area contributed by atoms with Crippen molar-refractivity contribution in [3.8, 4) is 11.3 Å². The molecular formula is C18H20N4O. The molecule has 1 aliphatic rings. The van der Waals surface area contributed by atoms with Gasteiger partial charge in [0.15, 0.2) is 5.65 Å². The monoisotopic (exact) mass is 308 g/mol. The van der Waals surface area contributed by atoms with Crippen molar-refractivity contribution in [2.45, 2.75) is 19.4 Å². The topological polar surface area (TPSA) is 42.7 Å². The van der Waals surface area contributed by atoms with Crippen LogP contribution in [0.25, 0.3) is 16.9 Å². The minimum Gasteiger partial charge on any atom is -0.380 e. The maximum Gasteiger partial charge on any atom is 0.158 e. The molecule has 1 atom stereocenters. The lowest BCUT2D eigenvalue weighted by molar-refractivity contribution is 0.121. The van der Waals surface area contributed by atoms with Gasteiger partial charge in [0.2, 0.25) is 0 Å². The van der Waals surface area contributed by atoms with Crippen LogP contribution in [-0.4, -0.2) is 40.9 Å². The van der Waals surface area contributed by atoms with Crippen LogP contribution in [0.1, 0.15) is 12.1 Å². The van der Waals surface area contributed by atoms with Crippen LogP contribution in [0.3, 0.4) is 0 Å². The minimum atomic E-state index is 0.287. The SMILES string of the molecule is CO[C@H]1CCN(c2cc(-c3ccccc3)nc3cc(C)nn23)C1. The normalized spacial score (nSPS) is 18.0. The fourth-order valence-corrected chi connectivity index (χ4v) is 3.18. The molecule has 5 heteroatoms. The number of aromatic nitrogens is 3. The van der Waals surface area contributed by atoms with Gasteiger partial charge in [-0.1, -0.05) is 30.3 Å². The molecule has 0 amide bonds. The van der Waals surface area contributed by atoms with E-state index in [-0.39, 0.29) is 6.10 Å². The van der Waals surface area contributed by atoms with E-state index < -0.39 is 0 Å². The van der Waals surface area contributed by atoms with E-state index in [0.717, 1.165) is 47.9 Å². The van der Waals surface area contributed by atoms with Gasteiger partial charge in [-0.25, -0.2) is 4.98 Å². The van der Waals surface area contributed by atoms with Crippen molar-refractivity contribution in [1.29, 1.82) is 0 Å². The van der Waals surface area contributed by atoms with Gasteiger partial charge in [-0.3, -0.25) is 0 Å². The number of rotatable bonds is 3. The van der Waals surface area contributed by atoms with Crippen LogP contribution < -0.4 is 4.90 Å². The Hall–Kier alpha value is -2.40. The summed E-state index contributed by atoms with van der Waals surface area (Å²) in [7, 11) is 1.78. The molecule has 0 N–H and O–H groups in total. The third-order valence-electron chi connectivity index (χ3n) is 4.40. The van der Waals surface area contributed by atoms with Gasteiger partial charge in [0.25, 0.3) is 0 Å². The molecule has 0 spiro atoms. The fourth-order valence-electron chi connectivity index (χ4n) is 3.18. The molecule has 5 nitrogen and oxygen atoms in total. The summed E-state index contributed by atoms with van der Waals surface area (Å²) < 4.78 is 7.45. The number of hydrogen-bond acceptors (Lipinski definition) is 4. The second-order valence-electron chi connectivity index (χ2n) is 6.01. The highest BCUT2D eigenvalue weighted by Crippen LogP contribution is 2.27. The molecule has 1 saturated heterocycles. The van der Waals surface area contributed by atoms with E-state index in [1.807, 2.05) is 35.7 Å². The van der Waals surface area contributed by atoms with Crippen molar-refractivity contribution in [3.63, 3.8) is 0 Å². The summed E-state index contributed by atoms with van der Waals surface area (Å²) >= 11 is 0. The maximum absolute atomic E-state index is 5.51. The van der Waals surface area contributed by atoms with Crippen molar-refractivity contribution in [2.24, 2.45) is 0 Å². The third-order valence-corrected chi connectivity index (χ3v) is 4.40. The highest BCUT2D eigenvalue weighted by molar-refractivity contribution is 5.67. The molecule has 3 aromatic rings. The predicted molar refractivity (Wildman–Crippen MR) is 90.8 cm³/mol. The van der Waals surface area contributed by atoms with Crippen molar-refractivity contribution in [3.05, 3.63) is 48.2 Å². The lowest BCUT2D eigenvalue weighted by Crippen LogP contribution is -2.24. The lowest BCUT2D eigenvalue weighted by Gasteiger charge is -2.20. The summed E-state index contributed by atoms with van der Waals surface area (Å²) in [5.74, 6) is 1.08. The summed E-state index contributed by atoms with van der Waals surface area (Å²) in [6.45, 7) is 3.87. The van der Waals surface area contributed by atoms with E-state index in [4.69, 9.17) is 9.72 Å². The molecule has 1 aromatic carbocycles. The first-order valence-corrected chi connectivity index (χ1v) is 7.95. The molecule has 1 aliphatic heterocycles. The van der Waals surface area contributed by atoms with Gasteiger partial charge in [-0.15, -0.1) is 0 Å². The van der Waals surface area contributed by atoms with Gasteiger partial charge in [0.1, 0.15) is 5.82 Å². The Bertz CT molecular complexity index is 828. The number of hydrogen-bond donors (Lipinski definition) is 0. The predicted octanol–water partition coefficient (Wildman–Crippen LogP) is 2.93. The van der Waals surface area contributed by atoms with Gasteiger partial charge in [0, 0.05) is 37.9 Å². The maximum atomic E-state index is 5.51. The van der Waals surface area contributed by atoms with Gasteiger partial charge in [-0.2, -0.15) is 9.61 Å². The van der Waals surface area contributed by atoms with Gasteiger partial charge < -0.3 is 9.64 Å². The van der Waals surface area contributed by atoms with Crippen LogP contribution in [-0.2, 0) is 4.74 Å². The number of ether oxygens (including phenoxy) is 1. The molecule has 0 unspecified atom stereocenters. The number of benzene rings is 1. The van der Waals surface area contributed by atoms with Crippen LogP contribution in [0.5, 0.6) is 0 Å².